The highest BCUT2D eigenvalue weighted by Gasteiger charge is 2.17. The molecule has 102 valence electrons. The number of halogens is 1. The van der Waals surface area contributed by atoms with Crippen LogP contribution in [0.25, 0.3) is 0 Å². The van der Waals surface area contributed by atoms with Crippen molar-refractivity contribution in [3.63, 3.8) is 0 Å². The Morgan fingerprint density at radius 1 is 1.42 bits per heavy atom. The van der Waals surface area contributed by atoms with Gasteiger partial charge < -0.3 is 0 Å². The molecule has 0 saturated heterocycles. The quantitative estimate of drug-likeness (QED) is 0.859. The third kappa shape index (κ3) is 3.73. The second kappa shape index (κ2) is 5.96. The van der Waals surface area contributed by atoms with Gasteiger partial charge in [0.05, 0.1) is 9.90 Å². The van der Waals surface area contributed by atoms with Gasteiger partial charge >= 0.3 is 0 Å². The van der Waals surface area contributed by atoms with Crippen molar-refractivity contribution in [1.82, 2.24) is 14.7 Å². The van der Waals surface area contributed by atoms with Gasteiger partial charge in [-0.15, -0.1) is 11.3 Å². The molecule has 1 atom stereocenters. The standard InChI is InChI=1S/C11H12ClN3O2S2/c1-8(11-14-4-5-18-11)7-15-19(16,17)9-2-3-13-10(12)6-9/h2-6,8,15H,7H2,1H3. The van der Waals surface area contributed by atoms with E-state index in [9.17, 15) is 8.42 Å². The van der Waals surface area contributed by atoms with Crippen LogP contribution in [0.5, 0.6) is 0 Å². The number of thiazole rings is 1. The van der Waals surface area contributed by atoms with Crippen molar-refractivity contribution in [3.8, 4) is 0 Å². The van der Waals surface area contributed by atoms with Gasteiger partial charge in [0.15, 0.2) is 0 Å². The number of rotatable bonds is 5. The van der Waals surface area contributed by atoms with Crippen LogP contribution in [0.1, 0.15) is 17.8 Å². The average Bonchev–Trinajstić information content (AvgIpc) is 2.90. The lowest BCUT2D eigenvalue weighted by Crippen LogP contribution is -2.27. The van der Waals surface area contributed by atoms with Crippen LogP contribution in [0.3, 0.4) is 0 Å². The van der Waals surface area contributed by atoms with Crippen LogP contribution < -0.4 is 4.72 Å². The second-order valence-electron chi connectivity index (χ2n) is 3.94. The van der Waals surface area contributed by atoms with Gasteiger partial charge in [0.25, 0.3) is 0 Å². The molecule has 0 spiro atoms. The first-order valence-electron chi connectivity index (χ1n) is 5.49. The molecule has 0 aromatic carbocycles. The first kappa shape index (κ1) is 14.4. The lowest BCUT2D eigenvalue weighted by atomic mass is 10.2. The van der Waals surface area contributed by atoms with Gasteiger partial charge in [-0.3, -0.25) is 0 Å². The summed E-state index contributed by atoms with van der Waals surface area (Å²) < 4.78 is 26.6. The first-order valence-corrected chi connectivity index (χ1v) is 8.24. The van der Waals surface area contributed by atoms with E-state index in [0.29, 0.717) is 0 Å². The third-order valence-electron chi connectivity index (χ3n) is 2.46. The molecule has 19 heavy (non-hydrogen) atoms. The van der Waals surface area contributed by atoms with Crippen LogP contribution in [0.4, 0.5) is 0 Å². The summed E-state index contributed by atoms with van der Waals surface area (Å²) >= 11 is 7.19. The molecule has 0 bridgehead atoms. The highest BCUT2D eigenvalue weighted by Crippen LogP contribution is 2.18. The Morgan fingerprint density at radius 3 is 2.84 bits per heavy atom. The summed E-state index contributed by atoms with van der Waals surface area (Å²) in [5.41, 5.74) is 0. The van der Waals surface area contributed by atoms with Crippen molar-refractivity contribution in [2.45, 2.75) is 17.7 Å². The van der Waals surface area contributed by atoms with E-state index in [1.165, 1.54) is 29.7 Å². The first-order chi connectivity index (χ1) is 8.99. The fraction of sp³-hybridized carbons (Fsp3) is 0.273. The van der Waals surface area contributed by atoms with Crippen LogP contribution in [-0.4, -0.2) is 24.9 Å². The van der Waals surface area contributed by atoms with Gasteiger partial charge in [-0.25, -0.2) is 23.1 Å². The van der Waals surface area contributed by atoms with Gasteiger partial charge in [0, 0.05) is 30.2 Å². The monoisotopic (exact) mass is 317 g/mol. The van der Waals surface area contributed by atoms with Crippen LogP contribution >= 0.6 is 22.9 Å². The van der Waals surface area contributed by atoms with E-state index in [-0.39, 0.29) is 22.5 Å². The lowest BCUT2D eigenvalue weighted by molar-refractivity contribution is 0.574. The van der Waals surface area contributed by atoms with E-state index < -0.39 is 10.0 Å². The molecular weight excluding hydrogens is 306 g/mol. The molecule has 2 heterocycles. The Kier molecular flexibility index (Phi) is 4.51. The minimum atomic E-state index is -3.57. The summed E-state index contributed by atoms with van der Waals surface area (Å²) in [5.74, 6) is 0.0204. The molecule has 0 saturated carbocycles. The molecule has 5 nitrogen and oxygen atoms in total. The molecular formula is C11H12ClN3O2S2. The molecule has 1 N–H and O–H groups in total. The molecule has 0 radical (unpaired) electrons. The van der Waals surface area contributed by atoms with E-state index in [0.717, 1.165) is 5.01 Å². The van der Waals surface area contributed by atoms with E-state index in [4.69, 9.17) is 11.6 Å². The number of sulfonamides is 1. The van der Waals surface area contributed by atoms with Crippen molar-refractivity contribution in [2.75, 3.05) is 6.54 Å². The van der Waals surface area contributed by atoms with Crippen molar-refractivity contribution in [2.24, 2.45) is 0 Å². The molecule has 0 aliphatic carbocycles. The highest BCUT2D eigenvalue weighted by molar-refractivity contribution is 7.89. The van der Waals surface area contributed by atoms with Crippen LogP contribution in [0, 0.1) is 0 Å². The minimum absolute atomic E-state index is 0.0204. The maximum atomic E-state index is 12.0. The third-order valence-corrected chi connectivity index (χ3v) is 5.10. The summed E-state index contributed by atoms with van der Waals surface area (Å²) in [6, 6.07) is 2.72. The Bertz CT molecular complexity index is 644. The van der Waals surface area contributed by atoms with E-state index >= 15 is 0 Å². The van der Waals surface area contributed by atoms with Crippen molar-refractivity contribution >= 4 is 33.0 Å². The van der Waals surface area contributed by atoms with Gasteiger partial charge in [0.1, 0.15) is 5.15 Å². The van der Waals surface area contributed by atoms with Crippen LogP contribution in [0.15, 0.2) is 34.8 Å². The number of pyridine rings is 1. The molecule has 2 rings (SSSR count). The number of hydrogen-bond acceptors (Lipinski definition) is 5. The van der Waals surface area contributed by atoms with Gasteiger partial charge in [0.2, 0.25) is 10.0 Å². The average molecular weight is 318 g/mol. The Morgan fingerprint density at radius 2 is 2.21 bits per heavy atom. The van der Waals surface area contributed by atoms with E-state index in [2.05, 4.69) is 14.7 Å². The zero-order valence-electron chi connectivity index (χ0n) is 10.1. The number of nitrogens with zero attached hydrogens (tertiary/aromatic N) is 2. The van der Waals surface area contributed by atoms with Gasteiger partial charge in [-0.05, 0) is 12.1 Å². The maximum absolute atomic E-state index is 12.0. The van der Waals surface area contributed by atoms with Crippen molar-refractivity contribution in [1.29, 1.82) is 0 Å². The Hall–Kier alpha value is -1.02. The summed E-state index contributed by atoms with van der Waals surface area (Å²) in [7, 11) is -3.57. The van der Waals surface area contributed by atoms with Crippen molar-refractivity contribution in [3.05, 3.63) is 40.1 Å². The fourth-order valence-electron chi connectivity index (χ4n) is 1.44. The number of nitrogens with one attached hydrogen (secondary N) is 1. The smallest absolute Gasteiger partial charge is 0.240 e. The summed E-state index contributed by atoms with van der Waals surface area (Å²) in [6.07, 6.45) is 3.06. The fourth-order valence-corrected chi connectivity index (χ4v) is 3.52. The molecule has 0 amide bonds. The maximum Gasteiger partial charge on any atom is 0.240 e. The summed E-state index contributed by atoms with van der Waals surface area (Å²) in [4.78, 5) is 8.02. The number of hydrogen-bond donors (Lipinski definition) is 1. The molecule has 0 fully saturated rings. The zero-order chi connectivity index (χ0) is 13.9. The molecule has 2 aromatic heterocycles. The predicted octanol–water partition coefficient (Wildman–Crippen LogP) is 2.27. The van der Waals surface area contributed by atoms with Gasteiger partial charge in [-0.1, -0.05) is 18.5 Å². The summed E-state index contributed by atoms with van der Waals surface area (Å²) in [5, 5.41) is 2.91. The SMILES string of the molecule is CC(CNS(=O)(=O)c1ccnc(Cl)c1)c1nccs1. The zero-order valence-corrected chi connectivity index (χ0v) is 12.5. The largest absolute Gasteiger partial charge is 0.249 e. The Labute approximate surface area is 120 Å². The highest BCUT2D eigenvalue weighted by atomic mass is 35.5. The normalized spacial score (nSPS) is 13.4. The molecule has 8 heteroatoms. The van der Waals surface area contributed by atoms with E-state index in [1.807, 2.05) is 12.3 Å². The topological polar surface area (TPSA) is 72.0 Å². The van der Waals surface area contributed by atoms with Crippen LogP contribution in [-0.2, 0) is 10.0 Å². The predicted molar refractivity (Wildman–Crippen MR) is 75.0 cm³/mol. The van der Waals surface area contributed by atoms with Gasteiger partial charge in [-0.2, -0.15) is 0 Å². The van der Waals surface area contributed by atoms with E-state index in [1.54, 1.807) is 6.20 Å². The Balaban J connectivity index is 2.06. The van der Waals surface area contributed by atoms with Crippen molar-refractivity contribution < 1.29 is 8.42 Å². The minimum Gasteiger partial charge on any atom is -0.249 e. The van der Waals surface area contributed by atoms with Crippen LogP contribution in [0.2, 0.25) is 5.15 Å². The summed E-state index contributed by atoms with van der Waals surface area (Å²) in [6.45, 7) is 2.21. The lowest BCUT2D eigenvalue weighted by Gasteiger charge is -2.10. The second-order valence-corrected chi connectivity index (χ2v) is 7.02. The number of aromatic nitrogens is 2. The molecule has 2 aromatic rings. The molecule has 1 unspecified atom stereocenters. The molecule has 0 aliphatic heterocycles. The molecule has 0 aliphatic rings.